The van der Waals surface area contributed by atoms with Crippen molar-refractivity contribution in [3.8, 4) is 0 Å². The fraction of sp³-hybridized carbons (Fsp3) is 0.938. The molecule has 0 saturated heterocycles. The van der Waals surface area contributed by atoms with Gasteiger partial charge in [-0.15, -0.1) is 0 Å². The van der Waals surface area contributed by atoms with Gasteiger partial charge >= 0.3 is 17.9 Å². The molecule has 0 spiro atoms. The Kier molecular flexibility index (Phi) is 38.5. The molecule has 6 heteroatoms. The third kappa shape index (κ3) is 38.7. The van der Waals surface area contributed by atoms with Crippen LogP contribution in [0.1, 0.15) is 253 Å². The van der Waals surface area contributed by atoms with Crippen LogP contribution < -0.4 is 0 Å². The molecule has 0 fully saturated rings. The van der Waals surface area contributed by atoms with E-state index in [0.29, 0.717) is 19.3 Å². The second kappa shape index (κ2) is 39.6. The minimum atomic E-state index is -0.762. The zero-order valence-corrected chi connectivity index (χ0v) is 37.0. The average molecular weight is 765 g/mol. The SMILES string of the molecule is CCC(C)CCCCCCCCCCC(=O)OC[C@H](COC(=O)CCCCCCCCCCCC(C)C)OC(=O)CCCCCCCCCCC(C)CC. The van der Waals surface area contributed by atoms with Crippen molar-refractivity contribution in [2.75, 3.05) is 13.2 Å². The summed E-state index contributed by atoms with van der Waals surface area (Å²) in [4.78, 5) is 37.8. The Balaban J connectivity index is 4.37. The fourth-order valence-electron chi connectivity index (χ4n) is 6.99. The maximum atomic E-state index is 12.7. The smallest absolute Gasteiger partial charge is 0.306 e. The normalized spacial score (nSPS) is 13.2. The summed E-state index contributed by atoms with van der Waals surface area (Å²) in [5.41, 5.74) is 0. The Morgan fingerprint density at radius 1 is 0.370 bits per heavy atom. The van der Waals surface area contributed by atoms with Crippen LogP contribution in [-0.4, -0.2) is 37.2 Å². The number of unbranched alkanes of at least 4 members (excludes halogenated alkanes) is 22. The van der Waals surface area contributed by atoms with E-state index < -0.39 is 6.10 Å². The van der Waals surface area contributed by atoms with Gasteiger partial charge in [-0.1, -0.05) is 215 Å². The highest BCUT2D eigenvalue weighted by Crippen LogP contribution is 2.18. The highest BCUT2D eigenvalue weighted by atomic mass is 16.6. The Morgan fingerprint density at radius 2 is 0.648 bits per heavy atom. The molecule has 0 aliphatic rings. The van der Waals surface area contributed by atoms with E-state index >= 15 is 0 Å². The first kappa shape index (κ1) is 52.4. The molecule has 0 radical (unpaired) electrons. The molecule has 0 aromatic carbocycles. The molecule has 0 aliphatic heterocycles. The molecule has 54 heavy (non-hydrogen) atoms. The van der Waals surface area contributed by atoms with E-state index in [9.17, 15) is 14.4 Å². The van der Waals surface area contributed by atoms with Gasteiger partial charge in [-0.05, 0) is 37.0 Å². The van der Waals surface area contributed by atoms with Crippen molar-refractivity contribution >= 4 is 17.9 Å². The lowest BCUT2D eigenvalue weighted by Gasteiger charge is -2.18. The Labute approximate surface area is 336 Å². The van der Waals surface area contributed by atoms with Crippen LogP contribution in [0.2, 0.25) is 0 Å². The zero-order chi connectivity index (χ0) is 39.9. The predicted octanol–water partition coefficient (Wildman–Crippen LogP) is 14.8. The predicted molar refractivity (Wildman–Crippen MR) is 229 cm³/mol. The average Bonchev–Trinajstić information content (AvgIpc) is 3.15. The summed E-state index contributed by atoms with van der Waals surface area (Å²) in [6.45, 7) is 13.7. The fourth-order valence-corrected chi connectivity index (χ4v) is 6.99. The standard InChI is InChI=1S/C48H92O6/c1-7-43(5)35-29-23-17-12-14-20-26-32-38-47(50)53-41-45(54-48(51)39-33-27-21-15-13-18-24-30-36-44(6)8-2)40-52-46(49)37-31-25-19-11-9-10-16-22-28-34-42(3)4/h42-45H,7-41H2,1-6H3/t43?,44?,45-/m0/s1. The van der Waals surface area contributed by atoms with E-state index in [4.69, 9.17) is 14.2 Å². The van der Waals surface area contributed by atoms with E-state index in [1.807, 2.05) is 0 Å². The van der Waals surface area contributed by atoms with E-state index in [1.54, 1.807) is 0 Å². The van der Waals surface area contributed by atoms with E-state index in [-0.39, 0.29) is 31.1 Å². The molecule has 0 rings (SSSR count). The molecule has 320 valence electrons. The number of hydrogen-bond acceptors (Lipinski definition) is 6. The van der Waals surface area contributed by atoms with Gasteiger partial charge in [0.25, 0.3) is 0 Å². The van der Waals surface area contributed by atoms with Crippen molar-refractivity contribution < 1.29 is 28.6 Å². The highest BCUT2D eigenvalue weighted by molar-refractivity contribution is 5.71. The van der Waals surface area contributed by atoms with Crippen molar-refractivity contribution in [2.24, 2.45) is 17.8 Å². The summed E-state index contributed by atoms with van der Waals surface area (Å²) in [6.07, 6.45) is 36.5. The molecular weight excluding hydrogens is 673 g/mol. The number of ether oxygens (including phenoxy) is 3. The quantitative estimate of drug-likeness (QED) is 0.0350. The van der Waals surface area contributed by atoms with Crippen molar-refractivity contribution in [2.45, 2.75) is 260 Å². The number of rotatable bonds is 41. The van der Waals surface area contributed by atoms with E-state index in [0.717, 1.165) is 75.5 Å². The molecule has 0 bridgehead atoms. The lowest BCUT2D eigenvalue weighted by atomic mass is 9.99. The first-order valence-corrected chi connectivity index (χ1v) is 23.7. The van der Waals surface area contributed by atoms with Gasteiger partial charge in [0, 0.05) is 19.3 Å². The topological polar surface area (TPSA) is 78.9 Å². The van der Waals surface area contributed by atoms with Gasteiger partial charge in [0.15, 0.2) is 6.10 Å². The third-order valence-corrected chi connectivity index (χ3v) is 11.4. The van der Waals surface area contributed by atoms with Gasteiger partial charge in [-0.3, -0.25) is 14.4 Å². The van der Waals surface area contributed by atoms with Crippen LogP contribution in [0, 0.1) is 17.8 Å². The molecule has 0 aliphatic carbocycles. The maximum Gasteiger partial charge on any atom is 0.306 e. The zero-order valence-electron chi connectivity index (χ0n) is 37.0. The number of carbonyl (C=O) groups is 3. The molecule has 6 nitrogen and oxygen atoms in total. The van der Waals surface area contributed by atoms with Crippen LogP contribution in [0.5, 0.6) is 0 Å². The van der Waals surface area contributed by atoms with E-state index in [2.05, 4.69) is 41.5 Å². The summed E-state index contributed by atoms with van der Waals surface area (Å²) in [5.74, 6) is 1.64. The van der Waals surface area contributed by atoms with Crippen LogP contribution in [0.25, 0.3) is 0 Å². The molecule has 2 unspecified atom stereocenters. The Hall–Kier alpha value is -1.59. The van der Waals surface area contributed by atoms with Gasteiger partial charge in [0.1, 0.15) is 13.2 Å². The van der Waals surface area contributed by atoms with Crippen LogP contribution >= 0.6 is 0 Å². The largest absolute Gasteiger partial charge is 0.462 e. The summed E-state index contributed by atoms with van der Waals surface area (Å²) in [7, 11) is 0. The molecule has 0 aromatic heterocycles. The monoisotopic (exact) mass is 765 g/mol. The summed E-state index contributed by atoms with van der Waals surface area (Å²) < 4.78 is 16.7. The second-order valence-corrected chi connectivity index (χ2v) is 17.4. The number of hydrogen-bond donors (Lipinski definition) is 0. The van der Waals surface area contributed by atoms with E-state index in [1.165, 1.54) is 135 Å². The van der Waals surface area contributed by atoms with Crippen molar-refractivity contribution in [3.05, 3.63) is 0 Å². The lowest BCUT2D eigenvalue weighted by Crippen LogP contribution is -2.30. The minimum Gasteiger partial charge on any atom is -0.462 e. The molecule has 0 amide bonds. The molecule has 0 N–H and O–H groups in total. The van der Waals surface area contributed by atoms with Gasteiger partial charge in [-0.25, -0.2) is 0 Å². The van der Waals surface area contributed by atoms with Crippen LogP contribution in [0.4, 0.5) is 0 Å². The Bertz CT molecular complexity index is 841. The third-order valence-electron chi connectivity index (χ3n) is 11.4. The molecule has 0 aromatic rings. The van der Waals surface area contributed by atoms with Crippen LogP contribution in [0.15, 0.2) is 0 Å². The minimum absolute atomic E-state index is 0.0664. The van der Waals surface area contributed by atoms with Gasteiger partial charge < -0.3 is 14.2 Å². The lowest BCUT2D eigenvalue weighted by molar-refractivity contribution is -0.167. The first-order chi connectivity index (χ1) is 26.2. The number of carbonyl (C=O) groups excluding carboxylic acids is 3. The second-order valence-electron chi connectivity index (χ2n) is 17.4. The molecule has 3 atom stereocenters. The molecular formula is C48H92O6. The highest BCUT2D eigenvalue weighted by Gasteiger charge is 2.19. The van der Waals surface area contributed by atoms with Gasteiger partial charge in [-0.2, -0.15) is 0 Å². The Morgan fingerprint density at radius 3 is 0.963 bits per heavy atom. The van der Waals surface area contributed by atoms with Crippen LogP contribution in [0.3, 0.4) is 0 Å². The van der Waals surface area contributed by atoms with Crippen molar-refractivity contribution in [1.82, 2.24) is 0 Å². The van der Waals surface area contributed by atoms with Gasteiger partial charge in [0.05, 0.1) is 0 Å². The summed E-state index contributed by atoms with van der Waals surface area (Å²) in [6, 6.07) is 0. The molecule has 0 heterocycles. The number of esters is 3. The first-order valence-electron chi connectivity index (χ1n) is 23.7. The van der Waals surface area contributed by atoms with Gasteiger partial charge in [0.2, 0.25) is 0 Å². The van der Waals surface area contributed by atoms with Crippen molar-refractivity contribution in [3.63, 3.8) is 0 Å². The van der Waals surface area contributed by atoms with Crippen molar-refractivity contribution in [1.29, 1.82) is 0 Å². The summed E-state index contributed by atoms with van der Waals surface area (Å²) in [5, 5.41) is 0. The van der Waals surface area contributed by atoms with Crippen LogP contribution in [-0.2, 0) is 28.6 Å². The molecule has 0 saturated carbocycles. The maximum absolute atomic E-state index is 12.7. The summed E-state index contributed by atoms with van der Waals surface area (Å²) >= 11 is 0.